The molecule has 0 aliphatic rings. The lowest BCUT2D eigenvalue weighted by Gasteiger charge is -2.04. The van der Waals surface area contributed by atoms with Gasteiger partial charge in [0, 0.05) is 25.0 Å². The van der Waals surface area contributed by atoms with Gasteiger partial charge in [0.25, 0.3) is 5.91 Å². The van der Waals surface area contributed by atoms with Crippen LogP contribution < -0.4 is 11.1 Å². The van der Waals surface area contributed by atoms with E-state index in [0.717, 1.165) is 13.0 Å². The van der Waals surface area contributed by atoms with Crippen molar-refractivity contribution in [1.82, 2.24) is 19.7 Å². The number of primary amides is 1. The van der Waals surface area contributed by atoms with Gasteiger partial charge in [-0.3, -0.25) is 4.79 Å². The summed E-state index contributed by atoms with van der Waals surface area (Å²) >= 11 is 0. The highest BCUT2D eigenvalue weighted by Crippen LogP contribution is 2.06. The van der Waals surface area contributed by atoms with Crippen molar-refractivity contribution in [2.24, 2.45) is 5.73 Å². The lowest BCUT2D eigenvalue weighted by Crippen LogP contribution is -2.12. The highest BCUT2D eigenvalue weighted by molar-refractivity contribution is 5.90. The van der Waals surface area contributed by atoms with Gasteiger partial charge < -0.3 is 11.1 Å². The summed E-state index contributed by atoms with van der Waals surface area (Å²) in [6, 6.07) is 3.25. The third kappa shape index (κ3) is 2.62. The molecule has 0 radical (unpaired) electrons. The molecule has 0 saturated carbocycles. The minimum absolute atomic E-state index is 0.205. The summed E-state index contributed by atoms with van der Waals surface area (Å²) in [5, 5.41) is 7.10. The monoisotopic (exact) mass is 246 g/mol. The fourth-order valence-electron chi connectivity index (χ4n) is 1.38. The summed E-state index contributed by atoms with van der Waals surface area (Å²) in [5.41, 5.74) is 5.35. The second kappa shape index (κ2) is 5.26. The number of hydrogen-bond donors (Lipinski definition) is 2. The number of anilines is 1. The van der Waals surface area contributed by atoms with E-state index in [1.165, 1.54) is 4.68 Å². The summed E-state index contributed by atoms with van der Waals surface area (Å²) in [6.07, 6.45) is 4.25. The molecule has 0 aliphatic heterocycles. The largest absolute Gasteiger partial charge is 0.364 e. The molecule has 18 heavy (non-hydrogen) atoms. The average Bonchev–Trinajstić information content (AvgIpc) is 2.86. The average molecular weight is 246 g/mol. The minimum Gasteiger partial charge on any atom is -0.364 e. The molecular weight excluding hydrogens is 232 g/mol. The smallest absolute Gasteiger partial charge is 0.269 e. The number of carbonyl (C=O) groups is 1. The number of amides is 1. The first-order valence-electron chi connectivity index (χ1n) is 5.63. The van der Waals surface area contributed by atoms with E-state index in [0.29, 0.717) is 11.8 Å². The Morgan fingerprint density at radius 1 is 1.50 bits per heavy atom. The van der Waals surface area contributed by atoms with Gasteiger partial charge in [-0.25, -0.2) is 9.67 Å². The van der Waals surface area contributed by atoms with Crippen LogP contribution in [0.1, 0.15) is 23.8 Å². The van der Waals surface area contributed by atoms with Gasteiger partial charge in [0.1, 0.15) is 5.69 Å². The number of nitrogens with zero attached hydrogens (tertiary/aromatic N) is 4. The van der Waals surface area contributed by atoms with E-state index in [2.05, 4.69) is 27.3 Å². The molecule has 0 spiro atoms. The Balaban J connectivity index is 2.23. The van der Waals surface area contributed by atoms with Crippen LogP contribution in [0.4, 0.5) is 5.95 Å². The van der Waals surface area contributed by atoms with Crippen LogP contribution >= 0.6 is 0 Å². The second-order valence-electron chi connectivity index (χ2n) is 3.68. The van der Waals surface area contributed by atoms with Gasteiger partial charge in [-0.05, 0) is 12.5 Å². The molecule has 0 atom stereocenters. The lowest BCUT2D eigenvalue weighted by atomic mass is 10.4. The van der Waals surface area contributed by atoms with Crippen LogP contribution in [0.5, 0.6) is 0 Å². The van der Waals surface area contributed by atoms with Gasteiger partial charge in [-0.1, -0.05) is 6.92 Å². The third-order valence-electron chi connectivity index (χ3n) is 2.25. The number of nitrogens with one attached hydrogen (secondary N) is 1. The molecule has 1 amide bonds. The maximum Gasteiger partial charge on any atom is 0.269 e. The van der Waals surface area contributed by atoms with Crippen LogP contribution in [0.15, 0.2) is 24.5 Å². The van der Waals surface area contributed by atoms with Gasteiger partial charge in [0.05, 0.1) is 0 Å². The Labute approximate surface area is 104 Å². The zero-order chi connectivity index (χ0) is 13.0. The quantitative estimate of drug-likeness (QED) is 0.804. The lowest BCUT2D eigenvalue weighted by molar-refractivity contribution is 0.0995. The normalized spacial score (nSPS) is 10.3. The van der Waals surface area contributed by atoms with Crippen molar-refractivity contribution < 1.29 is 4.79 Å². The highest BCUT2D eigenvalue weighted by atomic mass is 16.1. The molecule has 7 nitrogen and oxygen atoms in total. The number of carbonyl (C=O) groups excluding carboxylic acids is 1. The second-order valence-corrected chi connectivity index (χ2v) is 3.68. The van der Waals surface area contributed by atoms with Crippen LogP contribution in [-0.4, -0.2) is 32.2 Å². The van der Waals surface area contributed by atoms with Crippen molar-refractivity contribution in [3.8, 4) is 5.82 Å². The zero-order valence-electron chi connectivity index (χ0n) is 10.00. The maximum atomic E-state index is 11.0. The highest BCUT2D eigenvalue weighted by Gasteiger charge is 2.07. The number of rotatable bonds is 5. The molecule has 0 fully saturated rings. The van der Waals surface area contributed by atoms with Crippen LogP contribution in [0, 0.1) is 0 Å². The van der Waals surface area contributed by atoms with Crippen molar-refractivity contribution in [3.05, 3.63) is 30.2 Å². The van der Waals surface area contributed by atoms with E-state index in [-0.39, 0.29) is 5.69 Å². The maximum absolute atomic E-state index is 11.0. The van der Waals surface area contributed by atoms with Crippen LogP contribution in [0.25, 0.3) is 5.82 Å². The van der Waals surface area contributed by atoms with Crippen molar-refractivity contribution >= 4 is 11.9 Å². The van der Waals surface area contributed by atoms with E-state index in [4.69, 9.17) is 5.73 Å². The van der Waals surface area contributed by atoms with Gasteiger partial charge in [0.15, 0.2) is 5.82 Å². The molecule has 94 valence electrons. The zero-order valence-corrected chi connectivity index (χ0v) is 10.00. The fourth-order valence-corrected chi connectivity index (χ4v) is 1.38. The van der Waals surface area contributed by atoms with E-state index in [1.54, 1.807) is 24.5 Å². The Kier molecular flexibility index (Phi) is 3.52. The molecule has 0 bridgehead atoms. The first kappa shape index (κ1) is 12.0. The van der Waals surface area contributed by atoms with Crippen molar-refractivity contribution in [1.29, 1.82) is 0 Å². The molecule has 2 aromatic rings. The fraction of sp³-hybridized carbons (Fsp3) is 0.273. The van der Waals surface area contributed by atoms with E-state index < -0.39 is 5.91 Å². The first-order chi connectivity index (χ1) is 8.70. The molecule has 0 saturated heterocycles. The topological polar surface area (TPSA) is 98.7 Å². The number of aromatic nitrogens is 4. The Morgan fingerprint density at radius 2 is 2.33 bits per heavy atom. The summed E-state index contributed by atoms with van der Waals surface area (Å²) in [4.78, 5) is 19.3. The van der Waals surface area contributed by atoms with Crippen molar-refractivity contribution in [2.45, 2.75) is 13.3 Å². The SMILES string of the molecule is CCCNc1nccc(-n2ccc(C(N)=O)n2)n1. The summed E-state index contributed by atoms with van der Waals surface area (Å²) in [6.45, 7) is 2.86. The molecule has 3 N–H and O–H groups in total. The van der Waals surface area contributed by atoms with Crippen molar-refractivity contribution in [2.75, 3.05) is 11.9 Å². The van der Waals surface area contributed by atoms with Crippen molar-refractivity contribution in [3.63, 3.8) is 0 Å². The Morgan fingerprint density at radius 3 is 3.00 bits per heavy atom. The van der Waals surface area contributed by atoms with E-state index in [1.807, 2.05) is 0 Å². The van der Waals surface area contributed by atoms with Crippen LogP contribution in [0.2, 0.25) is 0 Å². The third-order valence-corrected chi connectivity index (χ3v) is 2.25. The molecule has 7 heteroatoms. The summed E-state index contributed by atoms with van der Waals surface area (Å²) in [5.74, 6) is 0.550. The first-order valence-corrected chi connectivity index (χ1v) is 5.63. The molecule has 0 unspecified atom stereocenters. The van der Waals surface area contributed by atoms with Gasteiger partial charge in [-0.2, -0.15) is 10.1 Å². The van der Waals surface area contributed by atoms with Gasteiger partial charge >= 0.3 is 0 Å². The van der Waals surface area contributed by atoms with E-state index in [9.17, 15) is 4.79 Å². The molecule has 2 heterocycles. The molecule has 2 rings (SSSR count). The standard InChI is InChI=1S/C11H14N6O/c1-2-5-13-11-14-6-3-9(15-11)17-7-4-8(16-17)10(12)18/h3-4,6-7H,2,5H2,1H3,(H2,12,18)(H,13,14,15). The number of nitrogens with two attached hydrogens (primary N) is 1. The summed E-state index contributed by atoms with van der Waals surface area (Å²) < 4.78 is 1.49. The summed E-state index contributed by atoms with van der Waals surface area (Å²) in [7, 11) is 0. The van der Waals surface area contributed by atoms with Gasteiger partial charge in [-0.15, -0.1) is 0 Å². The molecule has 0 aromatic carbocycles. The van der Waals surface area contributed by atoms with Gasteiger partial charge in [0.2, 0.25) is 5.95 Å². The van der Waals surface area contributed by atoms with Crippen LogP contribution in [0.3, 0.4) is 0 Å². The molecule has 0 aliphatic carbocycles. The predicted molar refractivity (Wildman–Crippen MR) is 66.5 cm³/mol. The van der Waals surface area contributed by atoms with E-state index >= 15 is 0 Å². The predicted octanol–water partition coefficient (Wildman–Crippen LogP) is 0.583. The molecule has 2 aromatic heterocycles. The Hall–Kier alpha value is -2.44. The number of hydrogen-bond acceptors (Lipinski definition) is 5. The molecular formula is C11H14N6O. The Bertz CT molecular complexity index is 550. The van der Waals surface area contributed by atoms with Crippen LogP contribution in [-0.2, 0) is 0 Å². The minimum atomic E-state index is -0.563.